The van der Waals surface area contributed by atoms with Crippen molar-refractivity contribution < 1.29 is 19.4 Å². The Bertz CT molecular complexity index is 750. The Morgan fingerprint density at radius 3 is 2.58 bits per heavy atom. The molecule has 2 aromatic carbocycles. The fourth-order valence-corrected chi connectivity index (χ4v) is 2.48. The summed E-state index contributed by atoms with van der Waals surface area (Å²) in [5, 5.41) is 12.7. The maximum Gasteiger partial charge on any atom is 0.262 e. The van der Waals surface area contributed by atoms with Gasteiger partial charge in [0.1, 0.15) is 0 Å². The highest BCUT2D eigenvalue weighted by molar-refractivity contribution is 6.32. The van der Waals surface area contributed by atoms with Crippen LogP contribution >= 0.6 is 23.2 Å². The molecule has 0 bridgehead atoms. The Labute approximate surface area is 150 Å². The SMILES string of the molecule is COc1cc(CO)cc(Cl)c1OCC(=O)Nc1ccc(C)c(Cl)c1. The lowest BCUT2D eigenvalue weighted by molar-refractivity contribution is -0.118. The number of hydrogen-bond donors (Lipinski definition) is 2. The number of methoxy groups -OCH3 is 1. The third-order valence-electron chi connectivity index (χ3n) is 3.27. The Kier molecular flexibility index (Phi) is 6.31. The maximum absolute atomic E-state index is 12.0. The smallest absolute Gasteiger partial charge is 0.262 e. The molecule has 0 fully saturated rings. The largest absolute Gasteiger partial charge is 0.493 e. The highest BCUT2D eigenvalue weighted by Crippen LogP contribution is 2.36. The number of hydrogen-bond acceptors (Lipinski definition) is 4. The van der Waals surface area contributed by atoms with E-state index in [1.807, 2.05) is 13.0 Å². The standard InChI is InChI=1S/C17H17Cl2NO4/c1-10-3-4-12(7-13(10)18)20-16(22)9-24-17-14(19)5-11(8-21)6-15(17)23-2/h3-7,21H,8-9H2,1-2H3,(H,20,22). The normalized spacial score (nSPS) is 10.4. The first kappa shape index (κ1) is 18.4. The number of aryl methyl sites for hydroxylation is 1. The monoisotopic (exact) mass is 369 g/mol. The Hall–Kier alpha value is -1.95. The molecule has 0 aliphatic rings. The summed E-state index contributed by atoms with van der Waals surface area (Å²) in [4.78, 5) is 12.0. The van der Waals surface area contributed by atoms with Gasteiger partial charge in [-0.3, -0.25) is 4.79 Å². The first-order valence-corrected chi connectivity index (χ1v) is 7.86. The second kappa shape index (κ2) is 8.24. The third kappa shape index (κ3) is 4.54. The molecule has 0 heterocycles. The second-order valence-electron chi connectivity index (χ2n) is 5.07. The zero-order valence-corrected chi connectivity index (χ0v) is 14.7. The molecule has 0 radical (unpaired) electrons. The van der Waals surface area contributed by atoms with E-state index in [4.69, 9.17) is 37.8 Å². The molecule has 0 aliphatic heterocycles. The van der Waals surface area contributed by atoms with Crippen molar-refractivity contribution in [2.75, 3.05) is 19.0 Å². The molecule has 2 rings (SSSR count). The molecule has 5 nitrogen and oxygen atoms in total. The maximum atomic E-state index is 12.0. The van der Waals surface area contributed by atoms with E-state index in [0.717, 1.165) is 5.56 Å². The number of ether oxygens (including phenoxy) is 2. The summed E-state index contributed by atoms with van der Waals surface area (Å²) in [5.74, 6) is 0.227. The van der Waals surface area contributed by atoms with E-state index in [1.165, 1.54) is 7.11 Å². The fraction of sp³-hybridized carbons (Fsp3) is 0.235. The number of benzene rings is 2. The van der Waals surface area contributed by atoms with E-state index in [1.54, 1.807) is 24.3 Å². The number of nitrogens with one attached hydrogen (secondary N) is 1. The van der Waals surface area contributed by atoms with Gasteiger partial charge < -0.3 is 19.9 Å². The van der Waals surface area contributed by atoms with Crippen molar-refractivity contribution in [1.82, 2.24) is 0 Å². The quantitative estimate of drug-likeness (QED) is 0.811. The van der Waals surface area contributed by atoms with Gasteiger partial charge >= 0.3 is 0 Å². The number of carbonyl (C=O) groups is 1. The van der Waals surface area contributed by atoms with Crippen molar-refractivity contribution in [3.05, 3.63) is 51.5 Å². The summed E-state index contributed by atoms with van der Waals surface area (Å²) in [6.07, 6.45) is 0. The van der Waals surface area contributed by atoms with Gasteiger partial charge in [0.2, 0.25) is 0 Å². The summed E-state index contributed by atoms with van der Waals surface area (Å²) in [6, 6.07) is 8.38. The van der Waals surface area contributed by atoms with E-state index in [-0.39, 0.29) is 29.9 Å². The lowest BCUT2D eigenvalue weighted by atomic mass is 10.2. The Morgan fingerprint density at radius 1 is 1.21 bits per heavy atom. The van der Waals surface area contributed by atoms with Gasteiger partial charge in [-0.2, -0.15) is 0 Å². The van der Waals surface area contributed by atoms with Gasteiger partial charge in [0.25, 0.3) is 5.91 Å². The first-order valence-electron chi connectivity index (χ1n) is 7.10. The molecule has 0 saturated carbocycles. The highest BCUT2D eigenvalue weighted by Gasteiger charge is 2.14. The van der Waals surface area contributed by atoms with Crippen LogP contribution < -0.4 is 14.8 Å². The van der Waals surface area contributed by atoms with Crippen LogP contribution in [-0.4, -0.2) is 24.7 Å². The molecule has 0 aliphatic carbocycles. The number of aliphatic hydroxyl groups is 1. The summed E-state index contributed by atoms with van der Waals surface area (Å²) < 4.78 is 10.6. The molecule has 0 atom stereocenters. The number of aliphatic hydroxyl groups excluding tert-OH is 1. The second-order valence-corrected chi connectivity index (χ2v) is 5.88. The van der Waals surface area contributed by atoms with Crippen molar-refractivity contribution in [2.45, 2.75) is 13.5 Å². The van der Waals surface area contributed by atoms with Crippen LogP contribution in [0.1, 0.15) is 11.1 Å². The highest BCUT2D eigenvalue weighted by atomic mass is 35.5. The van der Waals surface area contributed by atoms with E-state index >= 15 is 0 Å². The molecule has 2 N–H and O–H groups in total. The van der Waals surface area contributed by atoms with E-state index in [0.29, 0.717) is 22.0 Å². The zero-order valence-electron chi connectivity index (χ0n) is 13.2. The van der Waals surface area contributed by atoms with E-state index in [2.05, 4.69) is 5.32 Å². The van der Waals surface area contributed by atoms with Gasteiger partial charge in [-0.1, -0.05) is 29.3 Å². The predicted molar refractivity (Wildman–Crippen MR) is 94.2 cm³/mol. The average molecular weight is 370 g/mol. The molecular formula is C17H17Cl2NO4. The summed E-state index contributed by atoms with van der Waals surface area (Å²) >= 11 is 12.1. The molecule has 1 amide bonds. The lowest BCUT2D eigenvalue weighted by Crippen LogP contribution is -2.20. The summed E-state index contributed by atoms with van der Waals surface area (Å²) in [7, 11) is 1.45. The molecular weight excluding hydrogens is 353 g/mol. The van der Waals surface area contributed by atoms with Gasteiger partial charge in [0.15, 0.2) is 18.1 Å². The lowest BCUT2D eigenvalue weighted by Gasteiger charge is -2.14. The van der Waals surface area contributed by atoms with Crippen molar-refractivity contribution in [1.29, 1.82) is 0 Å². The molecule has 0 spiro atoms. The number of anilines is 1. The van der Waals surface area contributed by atoms with Crippen LogP contribution in [0.2, 0.25) is 10.0 Å². The number of rotatable bonds is 6. The topological polar surface area (TPSA) is 67.8 Å². The fourth-order valence-electron chi connectivity index (χ4n) is 2.01. The van der Waals surface area contributed by atoms with Crippen molar-refractivity contribution in [2.24, 2.45) is 0 Å². The van der Waals surface area contributed by atoms with Crippen LogP contribution in [0.3, 0.4) is 0 Å². The molecule has 0 saturated heterocycles. The minimum atomic E-state index is -0.362. The zero-order chi connectivity index (χ0) is 17.7. The third-order valence-corrected chi connectivity index (χ3v) is 3.96. The van der Waals surface area contributed by atoms with E-state index < -0.39 is 0 Å². The minimum absolute atomic E-state index is 0.176. The summed E-state index contributed by atoms with van der Waals surface area (Å²) in [6.45, 7) is 1.45. The van der Waals surface area contributed by atoms with Crippen LogP contribution in [-0.2, 0) is 11.4 Å². The van der Waals surface area contributed by atoms with Gasteiger partial charge in [0, 0.05) is 10.7 Å². The predicted octanol–water partition coefficient (Wildman–Crippen LogP) is 3.82. The summed E-state index contributed by atoms with van der Waals surface area (Å²) in [5.41, 5.74) is 2.09. The average Bonchev–Trinajstić information content (AvgIpc) is 2.56. The van der Waals surface area contributed by atoms with Gasteiger partial charge in [-0.25, -0.2) is 0 Å². The van der Waals surface area contributed by atoms with E-state index in [9.17, 15) is 4.79 Å². The molecule has 7 heteroatoms. The molecule has 24 heavy (non-hydrogen) atoms. The van der Waals surface area contributed by atoms with Gasteiger partial charge in [-0.05, 0) is 42.3 Å². The minimum Gasteiger partial charge on any atom is -0.493 e. The molecule has 0 unspecified atom stereocenters. The number of halogens is 2. The Balaban J connectivity index is 2.04. The van der Waals surface area contributed by atoms with Crippen LogP contribution in [0.4, 0.5) is 5.69 Å². The Morgan fingerprint density at radius 2 is 1.96 bits per heavy atom. The molecule has 128 valence electrons. The number of amides is 1. The number of carbonyl (C=O) groups excluding carboxylic acids is 1. The van der Waals surface area contributed by atoms with Crippen LogP contribution in [0.25, 0.3) is 0 Å². The van der Waals surface area contributed by atoms with Gasteiger partial charge in [0.05, 0.1) is 18.7 Å². The van der Waals surface area contributed by atoms with Crippen molar-refractivity contribution in [3.8, 4) is 11.5 Å². The van der Waals surface area contributed by atoms with Crippen LogP contribution in [0.15, 0.2) is 30.3 Å². The molecule has 2 aromatic rings. The van der Waals surface area contributed by atoms with Crippen LogP contribution in [0.5, 0.6) is 11.5 Å². The van der Waals surface area contributed by atoms with Gasteiger partial charge in [-0.15, -0.1) is 0 Å². The van der Waals surface area contributed by atoms with Crippen molar-refractivity contribution >= 4 is 34.8 Å². The molecule has 0 aromatic heterocycles. The first-order chi connectivity index (χ1) is 11.4. The van der Waals surface area contributed by atoms with Crippen molar-refractivity contribution in [3.63, 3.8) is 0 Å². The van der Waals surface area contributed by atoms with Crippen LogP contribution in [0, 0.1) is 6.92 Å².